The van der Waals surface area contributed by atoms with Gasteiger partial charge in [0.05, 0.1) is 29.8 Å². The molecule has 0 aromatic heterocycles. The lowest BCUT2D eigenvalue weighted by molar-refractivity contribution is 0.0913. The molecule has 0 amide bonds. The summed E-state index contributed by atoms with van der Waals surface area (Å²) in [4.78, 5) is 0. The van der Waals surface area contributed by atoms with Gasteiger partial charge in [-0.1, -0.05) is 0 Å². The molecule has 0 unspecified atom stereocenters. The van der Waals surface area contributed by atoms with Crippen LogP contribution >= 0.6 is 0 Å². The summed E-state index contributed by atoms with van der Waals surface area (Å²) >= 11 is 0. The van der Waals surface area contributed by atoms with E-state index in [0.717, 1.165) is 0 Å². The molecule has 8 heteroatoms. The minimum absolute atomic E-state index is 0.0143. The molecule has 0 bridgehead atoms. The first-order chi connectivity index (χ1) is 9.87. The zero-order valence-electron chi connectivity index (χ0n) is 12.1. The molecule has 2 rings (SSSR count). The summed E-state index contributed by atoms with van der Waals surface area (Å²) in [5.74, 6) is 0.857. The summed E-state index contributed by atoms with van der Waals surface area (Å²) in [7, 11) is -3.53. The van der Waals surface area contributed by atoms with E-state index in [1.165, 1.54) is 6.07 Å². The van der Waals surface area contributed by atoms with Gasteiger partial charge in [0.25, 0.3) is 0 Å². The standard InChI is InChI=1S/C13H20N2O5S/c1-9(2)18-5-6-21(16,17)15-11-8-13-12(7-10(11)14)19-3-4-20-13/h7-9,15H,3-6,14H2,1-2H3. The van der Waals surface area contributed by atoms with Gasteiger partial charge in [-0.15, -0.1) is 0 Å². The highest BCUT2D eigenvalue weighted by molar-refractivity contribution is 7.92. The molecule has 1 aromatic carbocycles. The molecule has 3 N–H and O–H groups in total. The van der Waals surface area contributed by atoms with Gasteiger partial charge in [0.1, 0.15) is 13.2 Å². The number of hydrogen-bond donors (Lipinski definition) is 2. The lowest BCUT2D eigenvalue weighted by Gasteiger charge is -2.20. The number of nitrogens with two attached hydrogens (primary N) is 1. The van der Waals surface area contributed by atoms with Gasteiger partial charge in [0.2, 0.25) is 10.0 Å². The second-order valence-corrected chi connectivity index (χ2v) is 6.77. The van der Waals surface area contributed by atoms with Crippen molar-refractivity contribution in [1.82, 2.24) is 0 Å². The molecule has 1 heterocycles. The number of benzene rings is 1. The second kappa shape index (κ2) is 6.40. The minimum Gasteiger partial charge on any atom is -0.486 e. The van der Waals surface area contributed by atoms with Gasteiger partial charge in [-0.3, -0.25) is 4.72 Å². The van der Waals surface area contributed by atoms with Crippen LogP contribution in [0.25, 0.3) is 0 Å². The summed E-state index contributed by atoms with van der Waals surface area (Å²) < 4.78 is 42.4. The Morgan fingerprint density at radius 2 is 1.90 bits per heavy atom. The Morgan fingerprint density at radius 3 is 2.52 bits per heavy atom. The van der Waals surface area contributed by atoms with E-state index in [1.54, 1.807) is 6.07 Å². The Bertz CT molecular complexity index is 601. The quantitative estimate of drug-likeness (QED) is 0.765. The Labute approximate surface area is 124 Å². The number of fused-ring (bicyclic) bond motifs is 1. The zero-order chi connectivity index (χ0) is 15.5. The molecule has 0 spiro atoms. The van der Waals surface area contributed by atoms with Crippen molar-refractivity contribution in [3.05, 3.63) is 12.1 Å². The lowest BCUT2D eigenvalue weighted by atomic mass is 10.2. The SMILES string of the molecule is CC(C)OCCS(=O)(=O)Nc1cc2c(cc1N)OCCO2. The second-order valence-electron chi connectivity index (χ2n) is 4.92. The predicted molar refractivity (Wildman–Crippen MR) is 80.3 cm³/mol. The maximum atomic E-state index is 12.0. The molecular formula is C13H20N2O5S. The molecule has 1 aromatic rings. The van der Waals surface area contributed by atoms with Crippen LogP contribution in [-0.4, -0.2) is 40.1 Å². The molecule has 0 radical (unpaired) electrons. The van der Waals surface area contributed by atoms with Crippen molar-refractivity contribution in [1.29, 1.82) is 0 Å². The van der Waals surface area contributed by atoms with E-state index in [1.807, 2.05) is 13.8 Å². The van der Waals surface area contributed by atoms with Gasteiger partial charge < -0.3 is 19.9 Å². The maximum absolute atomic E-state index is 12.0. The van der Waals surface area contributed by atoms with Gasteiger partial charge >= 0.3 is 0 Å². The van der Waals surface area contributed by atoms with Crippen molar-refractivity contribution in [3.8, 4) is 11.5 Å². The fourth-order valence-corrected chi connectivity index (χ4v) is 2.73. The summed E-state index contributed by atoms with van der Waals surface area (Å²) in [5.41, 5.74) is 6.40. The van der Waals surface area contributed by atoms with Crippen molar-refractivity contribution < 1.29 is 22.6 Å². The van der Waals surface area contributed by atoms with E-state index in [4.69, 9.17) is 19.9 Å². The number of nitrogens with one attached hydrogen (secondary N) is 1. The number of rotatable bonds is 6. The van der Waals surface area contributed by atoms with Crippen LogP contribution in [0.15, 0.2) is 12.1 Å². The highest BCUT2D eigenvalue weighted by atomic mass is 32.2. The average molecular weight is 316 g/mol. The Balaban J connectivity index is 2.08. The molecular weight excluding hydrogens is 296 g/mol. The van der Waals surface area contributed by atoms with Crippen LogP contribution in [0.2, 0.25) is 0 Å². The number of ether oxygens (including phenoxy) is 3. The van der Waals surface area contributed by atoms with E-state index in [0.29, 0.717) is 24.7 Å². The van der Waals surface area contributed by atoms with Gasteiger partial charge in [-0.2, -0.15) is 0 Å². The van der Waals surface area contributed by atoms with Crippen LogP contribution in [0.5, 0.6) is 11.5 Å². The van der Waals surface area contributed by atoms with Crippen LogP contribution in [0, 0.1) is 0 Å². The van der Waals surface area contributed by atoms with E-state index in [2.05, 4.69) is 4.72 Å². The zero-order valence-corrected chi connectivity index (χ0v) is 12.9. The van der Waals surface area contributed by atoms with Crippen molar-refractivity contribution in [2.75, 3.05) is 36.0 Å². The predicted octanol–water partition coefficient (Wildman–Crippen LogP) is 1.21. The molecule has 0 saturated heterocycles. The fourth-order valence-electron chi connectivity index (χ4n) is 1.80. The summed E-state index contributed by atoms with van der Waals surface area (Å²) in [6.45, 7) is 4.69. The van der Waals surface area contributed by atoms with Crippen molar-refractivity contribution in [3.63, 3.8) is 0 Å². The normalized spacial score (nSPS) is 14.2. The van der Waals surface area contributed by atoms with Crippen molar-refractivity contribution in [2.45, 2.75) is 20.0 Å². The molecule has 21 heavy (non-hydrogen) atoms. The van der Waals surface area contributed by atoms with Gasteiger partial charge in [-0.05, 0) is 13.8 Å². The lowest BCUT2D eigenvalue weighted by Crippen LogP contribution is -2.22. The third kappa shape index (κ3) is 4.40. The topological polar surface area (TPSA) is 99.9 Å². The Kier molecular flexibility index (Phi) is 4.79. The van der Waals surface area contributed by atoms with E-state index in [9.17, 15) is 8.42 Å². The van der Waals surface area contributed by atoms with Crippen LogP contribution in [0.4, 0.5) is 11.4 Å². The van der Waals surface area contributed by atoms with Gasteiger partial charge in [-0.25, -0.2) is 8.42 Å². The molecule has 118 valence electrons. The monoisotopic (exact) mass is 316 g/mol. The highest BCUT2D eigenvalue weighted by Gasteiger charge is 2.18. The largest absolute Gasteiger partial charge is 0.486 e. The molecule has 1 aliphatic heterocycles. The number of anilines is 2. The van der Waals surface area contributed by atoms with E-state index >= 15 is 0 Å². The van der Waals surface area contributed by atoms with Crippen LogP contribution in [-0.2, 0) is 14.8 Å². The van der Waals surface area contributed by atoms with Crippen LogP contribution < -0.4 is 19.9 Å². The summed E-state index contributed by atoms with van der Waals surface area (Å²) in [6, 6.07) is 3.08. The van der Waals surface area contributed by atoms with Crippen LogP contribution in [0.3, 0.4) is 0 Å². The number of nitrogen functional groups attached to an aromatic ring is 1. The highest BCUT2D eigenvalue weighted by Crippen LogP contribution is 2.37. The Hall–Kier alpha value is -1.67. The number of hydrogen-bond acceptors (Lipinski definition) is 6. The average Bonchev–Trinajstić information content (AvgIpc) is 2.38. The van der Waals surface area contributed by atoms with Crippen molar-refractivity contribution in [2.24, 2.45) is 0 Å². The first-order valence-electron chi connectivity index (χ1n) is 6.68. The molecule has 7 nitrogen and oxygen atoms in total. The molecule has 0 atom stereocenters. The van der Waals surface area contributed by atoms with Gasteiger partial charge in [0.15, 0.2) is 11.5 Å². The maximum Gasteiger partial charge on any atom is 0.235 e. The minimum atomic E-state index is -3.53. The fraction of sp³-hybridized carbons (Fsp3) is 0.538. The van der Waals surface area contributed by atoms with Gasteiger partial charge in [0, 0.05) is 12.1 Å². The molecule has 0 fully saturated rings. The summed E-state index contributed by atoms with van der Waals surface area (Å²) in [5, 5.41) is 0. The summed E-state index contributed by atoms with van der Waals surface area (Å²) in [6.07, 6.45) is -0.0143. The first kappa shape index (κ1) is 15.7. The first-order valence-corrected chi connectivity index (χ1v) is 8.34. The molecule has 0 saturated carbocycles. The van der Waals surface area contributed by atoms with E-state index < -0.39 is 10.0 Å². The third-order valence-electron chi connectivity index (χ3n) is 2.78. The van der Waals surface area contributed by atoms with Crippen LogP contribution in [0.1, 0.15) is 13.8 Å². The number of sulfonamides is 1. The van der Waals surface area contributed by atoms with Crippen molar-refractivity contribution >= 4 is 21.4 Å². The smallest absolute Gasteiger partial charge is 0.235 e. The van der Waals surface area contributed by atoms with E-state index in [-0.39, 0.29) is 29.8 Å². The third-order valence-corrected chi connectivity index (χ3v) is 4.02. The molecule has 1 aliphatic rings. The Morgan fingerprint density at radius 1 is 1.29 bits per heavy atom. The molecule has 0 aliphatic carbocycles.